The maximum atomic E-state index is 12.9. The zero-order chi connectivity index (χ0) is 21.3. The van der Waals surface area contributed by atoms with Crippen LogP contribution in [0.25, 0.3) is 10.3 Å². The third-order valence-electron chi connectivity index (χ3n) is 5.66. The van der Waals surface area contributed by atoms with Gasteiger partial charge in [-0.15, -0.1) is 0 Å². The van der Waals surface area contributed by atoms with Crippen LogP contribution in [0.5, 0.6) is 0 Å². The molecule has 2 aromatic heterocycles. The molecule has 1 N–H and O–H groups in total. The molecular weight excluding hydrogens is 400 g/mol. The first-order valence-corrected chi connectivity index (χ1v) is 11.0. The zero-order valence-electron chi connectivity index (χ0n) is 17.5. The average Bonchev–Trinajstić information content (AvgIpc) is 3.19. The SMILES string of the molecule is CCN1CCN(c2nc3ncn(CC(=O)Nc4cccc(C)c4C)c(=O)c3s2)CC1. The molecule has 1 aromatic carbocycles. The van der Waals surface area contributed by atoms with Gasteiger partial charge in [-0.2, -0.15) is 4.98 Å². The van der Waals surface area contributed by atoms with Crippen LogP contribution in [0.4, 0.5) is 10.8 Å². The summed E-state index contributed by atoms with van der Waals surface area (Å²) in [7, 11) is 0. The molecule has 1 aliphatic heterocycles. The molecule has 1 fully saturated rings. The Kier molecular flexibility index (Phi) is 5.83. The molecule has 0 radical (unpaired) electrons. The number of hydrogen-bond donors (Lipinski definition) is 1. The van der Waals surface area contributed by atoms with Crippen LogP contribution in [0.2, 0.25) is 0 Å². The Balaban J connectivity index is 1.51. The first kappa shape index (κ1) is 20.5. The highest BCUT2D eigenvalue weighted by Gasteiger charge is 2.21. The number of anilines is 2. The van der Waals surface area contributed by atoms with Gasteiger partial charge < -0.3 is 15.1 Å². The van der Waals surface area contributed by atoms with Crippen molar-refractivity contribution in [2.75, 3.05) is 42.9 Å². The number of nitrogens with zero attached hydrogens (tertiary/aromatic N) is 5. The molecule has 1 amide bonds. The second-order valence-electron chi connectivity index (χ2n) is 7.54. The molecule has 1 aliphatic rings. The minimum Gasteiger partial charge on any atom is -0.345 e. The highest BCUT2D eigenvalue weighted by molar-refractivity contribution is 7.22. The van der Waals surface area contributed by atoms with Gasteiger partial charge in [0.05, 0.1) is 0 Å². The molecule has 9 heteroatoms. The van der Waals surface area contributed by atoms with Crippen molar-refractivity contribution in [2.24, 2.45) is 0 Å². The van der Waals surface area contributed by atoms with Crippen LogP contribution >= 0.6 is 11.3 Å². The van der Waals surface area contributed by atoms with E-state index >= 15 is 0 Å². The molecule has 3 aromatic rings. The number of amides is 1. The molecule has 4 rings (SSSR count). The topological polar surface area (TPSA) is 83.4 Å². The van der Waals surface area contributed by atoms with Crippen LogP contribution in [0, 0.1) is 13.8 Å². The summed E-state index contributed by atoms with van der Waals surface area (Å²) in [5.41, 5.74) is 3.09. The summed E-state index contributed by atoms with van der Waals surface area (Å²) in [6.07, 6.45) is 1.41. The van der Waals surface area contributed by atoms with Crippen LogP contribution in [-0.2, 0) is 11.3 Å². The summed E-state index contributed by atoms with van der Waals surface area (Å²) in [5.74, 6) is -0.257. The van der Waals surface area contributed by atoms with Crippen molar-refractivity contribution in [3.63, 3.8) is 0 Å². The average molecular weight is 427 g/mol. The van der Waals surface area contributed by atoms with Gasteiger partial charge >= 0.3 is 0 Å². The molecule has 30 heavy (non-hydrogen) atoms. The summed E-state index contributed by atoms with van der Waals surface area (Å²) in [6, 6.07) is 5.76. The Morgan fingerprint density at radius 1 is 1.20 bits per heavy atom. The third-order valence-corrected chi connectivity index (χ3v) is 6.75. The smallest absolute Gasteiger partial charge is 0.273 e. The van der Waals surface area contributed by atoms with Crippen LogP contribution in [0.15, 0.2) is 29.3 Å². The van der Waals surface area contributed by atoms with Crippen LogP contribution in [0.1, 0.15) is 18.1 Å². The zero-order valence-corrected chi connectivity index (χ0v) is 18.3. The van der Waals surface area contributed by atoms with E-state index < -0.39 is 0 Å². The number of carbonyl (C=O) groups excluding carboxylic acids is 1. The first-order valence-electron chi connectivity index (χ1n) is 10.2. The lowest BCUT2D eigenvalue weighted by Crippen LogP contribution is -2.46. The van der Waals surface area contributed by atoms with E-state index in [9.17, 15) is 9.59 Å². The van der Waals surface area contributed by atoms with Gasteiger partial charge in [0.25, 0.3) is 5.56 Å². The Hall–Kier alpha value is -2.78. The van der Waals surface area contributed by atoms with Crippen LogP contribution < -0.4 is 15.8 Å². The van der Waals surface area contributed by atoms with E-state index in [4.69, 9.17) is 0 Å². The van der Waals surface area contributed by atoms with Crippen molar-refractivity contribution >= 4 is 38.4 Å². The molecule has 0 bridgehead atoms. The highest BCUT2D eigenvalue weighted by Crippen LogP contribution is 2.26. The maximum absolute atomic E-state index is 12.9. The normalized spacial score (nSPS) is 15.0. The van der Waals surface area contributed by atoms with Crippen molar-refractivity contribution in [2.45, 2.75) is 27.3 Å². The largest absolute Gasteiger partial charge is 0.345 e. The van der Waals surface area contributed by atoms with Crippen LogP contribution in [-0.4, -0.2) is 58.1 Å². The highest BCUT2D eigenvalue weighted by atomic mass is 32.1. The minimum atomic E-state index is -0.257. The van der Waals surface area contributed by atoms with Gasteiger partial charge in [0.2, 0.25) is 5.91 Å². The van der Waals surface area contributed by atoms with E-state index in [0.29, 0.717) is 10.3 Å². The molecule has 158 valence electrons. The lowest BCUT2D eigenvalue weighted by molar-refractivity contribution is -0.116. The second-order valence-corrected chi connectivity index (χ2v) is 8.52. The molecular formula is C21H26N6O2S. The molecule has 1 saturated heterocycles. The molecule has 8 nitrogen and oxygen atoms in total. The van der Waals surface area contributed by atoms with Crippen molar-refractivity contribution in [3.05, 3.63) is 46.0 Å². The molecule has 3 heterocycles. The summed E-state index contributed by atoms with van der Waals surface area (Å²) < 4.78 is 1.84. The number of carbonyl (C=O) groups is 1. The van der Waals surface area contributed by atoms with Gasteiger partial charge in [-0.1, -0.05) is 30.4 Å². The number of rotatable bonds is 5. The van der Waals surface area contributed by atoms with E-state index in [2.05, 4.69) is 32.0 Å². The third kappa shape index (κ3) is 4.08. The van der Waals surface area contributed by atoms with Crippen molar-refractivity contribution in [1.29, 1.82) is 0 Å². The fourth-order valence-electron chi connectivity index (χ4n) is 3.57. The second kappa shape index (κ2) is 8.53. The molecule has 0 aliphatic carbocycles. The maximum Gasteiger partial charge on any atom is 0.273 e. The van der Waals surface area contributed by atoms with E-state index in [1.807, 2.05) is 32.0 Å². The van der Waals surface area contributed by atoms with E-state index in [1.165, 1.54) is 22.2 Å². The monoisotopic (exact) mass is 426 g/mol. The standard InChI is InChI=1S/C21H26N6O2S/c1-4-25-8-10-26(11-9-25)21-24-19-18(30-21)20(29)27(13-22-19)12-17(28)23-16-7-5-6-14(2)15(16)3/h5-7,13H,4,8-12H2,1-3H3,(H,23,28). The number of nitrogens with one attached hydrogen (secondary N) is 1. The van der Waals surface area contributed by atoms with Gasteiger partial charge in [-0.25, -0.2) is 4.98 Å². The summed E-state index contributed by atoms with van der Waals surface area (Å²) in [6.45, 7) is 10.8. The van der Waals surface area contributed by atoms with E-state index in [0.717, 1.165) is 54.7 Å². The van der Waals surface area contributed by atoms with Gasteiger partial charge in [-0.3, -0.25) is 14.2 Å². The number of benzene rings is 1. The number of fused-ring (bicyclic) bond motifs is 1. The first-order chi connectivity index (χ1) is 14.5. The van der Waals surface area contributed by atoms with Crippen molar-refractivity contribution in [3.8, 4) is 0 Å². The summed E-state index contributed by atoms with van der Waals surface area (Å²) in [4.78, 5) is 38.9. The Bertz CT molecular complexity index is 1130. The lowest BCUT2D eigenvalue weighted by Gasteiger charge is -2.33. The van der Waals surface area contributed by atoms with Crippen LogP contribution in [0.3, 0.4) is 0 Å². The minimum absolute atomic E-state index is 0.0858. The van der Waals surface area contributed by atoms with Gasteiger partial charge in [0.1, 0.15) is 17.6 Å². The van der Waals surface area contributed by atoms with Gasteiger partial charge in [0.15, 0.2) is 10.8 Å². The fourth-order valence-corrected chi connectivity index (χ4v) is 4.59. The number of piperazine rings is 1. The predicted octanol–water partition coefficient (Wildman–Crippen LogP) is 2.25. The van der Waals surface area contributed by atoms with Gasteiger partial charge in [0, 0.05) is 31.9 Å². The quantitative estimate of drug-likeness (QED) is 0.674. The number of hydrogen-bond acceptors (Lipinski definition) is 7. The number of aromatic nitrogens is 3. The number of likely N-dealkylation sites (N-methyl/N-ethyl adjacent to an activating group) is 1. The molecule has 0 unspecified atom stereocenters. The lowest BCUT2D eigenvalue weighted by atomic mass is 10.1. The van der Waals surface area contributed by atoms with E-state index in [1.54, 1.807) is 0 Å². The Labute approximate surface area is 179 Å². The number of aryl methyl sites for hydroxylation is 1. The fraction of sp³-hybridized carbons (Fsp3) is 0.429. The van der Waals surface area contributed by atoms with Crippen molar-refractivity contribution in [1.82, 2.24) is 19.4 Å². The molecule has 0 saturated carbocycles. The Morgan fingerprint density at radius 2 is 1.97 bits per heavy atom. The summed E-state index contributed by atoms with van der Waals surface area (Å²) >= 11 is 1.36. The number of thiazole rings is 1. The molecule has 0 spiro atoms. The van der Waals surface area contributed by atoms with Crippen molar-refractivity contribution < 1.29 is 4.79 Å². The predicted molar refractivity (Wildman–Crippen MR) is 121 cm³/mol. The van der Waals surface area contributed by atoms with Gasteiger partial charge in [-0.05, 0) is 37.6 Å². The molecule has 0 atom stereocenters. The van der Waals surface area contributed by atoms with E-state index in [-0.39, 0.29) is 18.0 Å². The Morgan fingerprint density at radius 3 is 2.70 bits per heavy atom. The summed E-state index contributed by atoms with van der Waals surface area (Å²) in [5, 5.41) is 3.71.